The van der Waals surface area contributed by atoms with Crippen LogP contribution in [0.15, 0.2) is 65.6 Å². The largest absolute Gasteiger partial charge is 0.493 e. The molecule has 0 aromatic heterocycles. The number of halogens is 5. The van der Waals surface area contributed by atoms with Crippen molar-refractivity contribution in [3.8, 4) is 5.75 Å². The Bertz CT molecular complexity index is 1360. The summed E-state index contributed by atoms with van der Waals surface area (Å²) in [5.74, 6) is -1.36. The van der Waals surface area contributed by atoms with Gasteiger partial charge in [-0.05, 0) is 47.7 Å². The van der Waals surface area contributed by atoms with Crippen LogP contribution in [0.1, 0.15) is 41.5 Å². The first-order valence-electron chi connectivity index (χ1n) is 12.2. The summed E-state index contributed by atoms with van der Waals surface area (Å²) in [6.07, 6.45) is -3.17. The highest BCUT2D eigenvalue weighted by Gasteiger charge is 2.30. The fourth-order valence-electron chi connectivity index (χ4n) is 4.26. The smallest absolute Gasteiger partial charge is 0.416 e. The first-order chi connectivity index (χ1) is 18.3. The highest BCUT2D eigenvalue weighted by molar-refractivity contribution is 7.90. The van der Waals surface area contributed by atoms with Gasteiger partial charge >= 0.3 is 6.18 Å². The molecule has 0 aliphatic carbocycles. The minimum Gasteiger partial charge on any atom is -0.493 e. The molecule has 0 fully saturated rings. The number of nitrogens with zero attached hydrogens (tertiary/aromatic N) is 1. The Kier molecular flexibility index (Phi) is 10.1. The number of aliphatic hydroxyl groups is 1. The molecule has 3 aromatic carbocycles. The minimum absolute atomic E-state index is 0.0192. The molecule has 0 spiro atoms. The Balaban J connectivity index is 1.72. The van der Waals surface area contributed by atoms with Crippen molar-refractivity contribution in [1.29, 1.82) is 0 Å². The monoisotopic (exact) mass is 571 g/mol. The second-order valence-electron chi connectivity index (χ2n) is 9.40. The molecule has 0 saturated carbocycles. The summed E-state index contributed by atoms with van der Waals surface area (Å²) in [5.41, 5.74) is 0.253. The molecule has 1 unspecified atom stereocenters. The number of hydrogen-bond acceptors (Lipinski definition) is 5. The van der Waals surface area contributed by atoms with Crippen molar-refractivity contribution in [2.45, 2.75) is 43.5 Å². The Morgan fingerprint density at radius 2 is 1.72 bits per heavy atom. The van der Waals surface area contributed by atoms with E-state index in [1.54, 1.807) is 18.2 Å². The van der Waals surface area contributed by atoms with Crippen LogP contribution in [0.3, 0.4) is 0 Å². The van der Waals surface area contributed by atoms with Gasteiger partial charge in [-0.1, -0.05) is 37.3 Å². The van der Waals surface area contributed by atoms with E-state index in [0.29, 0.717) is 25.1 Å². The Morgan fingerprint density at radius 3 is 2.33 bits per heavy atom. The number of aliphatic hydroxyl groups excluding tert-OH is 1. The quantitative estimate of drug-likeness (QED) is 0.215. The van der Waals surface area contributed by atoms with Crippen molar-refractivity contribution < 1.29 is 40.2 Å². The average molecular weight is 572 g/mol. The van der Waals surface area contributed by atoms with Crippen molar-refractivity contribution in [2.24, 2.45) is 0 Å². The molecule has 0 aliphatic rings. The molecule has 1 N–H and O–H groups in total. The standard InChI is InChI=1S/C28H30F5NO4S/c1-19(21-7-9-23(29)10-8-21)16-34(17-20-5-3-6-22(13-20)28(31,32)33)11-4-12-38-24-14-26(30)25(18-35)27(15-24)39(2,36)37/h3,5-10,13-15,19,35H,4,11-12,16-18H2,1-2H3. The lowest BCUT2D eigenvalue weighted by atomic mass is 10.00. The van der Waals surface area contributed by atoms with E-state index in [0.717, 1.165) is 36.1 Å². The number of rotatable bonds is 12. The van der Waals surface area contributed by atoms with Crippen LogP contribution in [0, 0.1) is 11.6 Å². The molecule has 11 heteroatoms. The summed E-state index contributed by atoms with van der Waals surface area (Å²) in [6.45, 7) is 2.29. The molecule has 39 heavy (non-hydrogen) atoms. The maximum atomic E-state index is 14.4. The van der Waals surface area contributed by atoms with Crippen molar-refractivity contribution in [3.63, 3.8) is 0 Å². The topological polar surface area (TPSA) is 66.8 Å². The average Bonchev–Trinajstić information content (AvgIpc) is 2.85. The van der Waals surface area contributed by atoms with E-state index < -0.39 is 34.0 Å². The van der Waals surface area contributed by atoms with E-state index in [1.807, 2.05) is 11.8 Å². The van der Waals surface area contributed by atoms with Gasteiger partial charge in [0.05, 0.1) is 23.7 Å². The van der Waals surface area contributed by atoms with Gasteiger partial charge in [-0.3, -0.25) is 4.90 Å². The maximum Gasteiger partial charge on any atom is 0.416 e. The van der Waals surface area contributed by atoms with Crippen LogP contribution in [0.2, 0.25) is 0 Å². The lowest BCUT2D eigenvalue weighted by molar-refractivity contribution is -0.137. The molecule has 0 aliphatic heterocycles. The van der Waals surface area contributed by atoms with E-state index in [4.69, 9.17) is 4.74 Å². The number of hydrogen-bond donors (Lipinski definition) is 1. The zero-order valence-corrected chi connectivity index (χ0v) is 22.3. The third-order valence-electron chi connectivity index (χ3n) is 6.20. The van der Waals surface area contributed by atoms with Crippen molar-refractivity contribution in [2.75, 3.05) is 26.0 Å². The molecule has 0 bridgehead atoms. The van der Waals surface area contributed by atoms with Crippen LogP contribution in [0.25, 0.3) is 0 Å². The fraction of sp³-hybridized carbons (Fsp3) is 0.357. The molecule has 1 atom stereocenters. The first kappa shape index (κ1) is 30.5. The van der Waals surface area contributed by atoms with Gasteiger partial charge in [0.2, 0.25) is 0 Å². The number of alkyl halides is 3. The summed E-state index contributed by atoms with van der Waals surface area (Å²) in [7, 11) is -3.82. The summed E-state index contributed by atoms with van der Waals surface area (Å²) >= 11 is 0. The minimum atomic E-state index is -4.47. The summed E-state index contributed by atoms with van der Waals surface area (Å²) in [5, 5.41) is 9.35. The van der Waals surface area contributed by atoms with Gasteiger partial charge in [0.15, 0.2) is 9.84 Å². The molecular formula is C28H30F5NO4S. The van der Waals surface area contributed by atoms with Crippen LogP contribution < -0.4 is 4.74 Å². The van der Waals surface area contributed by atoms with E-state index in [9.17, 15) is 35.5 Å². The lowest BCUT2D eigenvalue weighted by Crippen LogP contribution is -2.29. The van der Waals surface area contributed by atoms with E-state index in [2.05, 4.69) is 0 Å². The molecule has 212 valence electrons. The zero-order valence-electron chi connectivity index (χ0n) is 21.5. The molecule has 0 amide bonds. The zero-order chi connectivity index (χ0) is 28.8. The van der Waals surface area contributed by atoms with Crippen LogP contribution in [-0.4, -0.2) is 44.4 Å². The molecule has 0 heterocycles. The molecule has 0 radical (unpaired) electrons. The van der Waals surface area contributed by atoms with Crippen LogP contribution in [-0.2, 0) is 29.2 Å². The number of benzene rings is 3. The predicted octanol–water partition coefficient (Wildman–Crippen LogP) is 5.95. The summed E-state index contributed by atoms with van der Waals surface area (Å²) in [4.78, 5) is 1.59. The fourth-order valence-corrected chi connectivity index (χ4v) is 5.20. The van der Waals surface area contributed by atoms with Crippen molar-refractivity contribution >= 4 is 9.84 Å². The van der Waals surface area contributed by atoms with Crippen LogP contribution in [0.5, 0.6) is 5.75 Å². The SMILES string of the molecule is CC(CN(CCCOc1cc(F)c(CO)c(S(C)(=O)=O)c1)Cc1cccc(C(F)(F)F)c1)c1ccc(F)cc1. The van der Waals surface area contributed by atoms with Gasteiger partial charge in [0, 0.05) is 37.5 Å². The van der Waals surface area contributed by atoms with Crippen LogP contribution in [0.4, 0.5) is 22.0 Å². The summed E-state index contributed by atoms with van der Waals surface area (Å²) in [6, 6.07) is 13.3. The van der Waals surface area contributed by atoms with Crippen molar-refractivity contribution in [1.82, 2.24) is 4.90 Å². The van der Waals surface area contributed by atoms with Crippen LogP contribution >= 0.6 is 0 Å². The first-order valence-corrected chi connectivity index (χ1v) is 14.1. The van der Waals surface area contributed by atoms with E-state index in [-0.39, 0.29) is 41.1 Å². The van der Waals surface area contributed by atoms with Gasteiger partial charge in [-0.2, -0.15) is 13.2 Å². The Hall–Kier alpha value is -3.02. The highest BCUT2D eigenvalue weighted by atomic mass is 32.2. The van der Waals surface area contributed by atoms with E-state index >= 15 is 0 Å². The second kappa shape index (κ2) is 12.9. The Morgan fingerprint density at radius 1 is 1.03 bits per heavy atom. The molecule has 5 nitrogen and oxygen atoms in total. The molecular weight excluding hydrogens is 541 g/mol. The van der Waals surface area contributed by atoms with E-state index in [1.165, 1.54) is 18.2 Å². The third-order valence-corrected chi connectivity index (χ3v) is 7.37. The van der Waals surface area contributed by atoms with Gasteiger partial charge < -0.3 is 9.84 Å². The molecule has 3 aromatic rings. The van der Waals surface area contributed by atoms with Crippen molar-refractivity contribution in [3.05, 3.63) is 94.6 Å². The molecule has 3 rings (SSSR count). The van der Waals surface area contributed by atoms with Gasteiger partial charge in [-0.15, -0.1) is 0 Å². The predicted molar refractivity (Wildman–Crippen MR) is 137 cm³/mol. The maximum absolute atomic E-state index is 14.4. The number of ether oxygens (including phenoxy) is 1. The molecule has 0 saturated heterocycles. The Labute approximate surface area is 224 Å². The van der Waals surface area contributed by atoms with Gasteiger partial charge in [0.25, 0.3) is 0 Å². The normalized spacial score (nSPS) is 13.1. The highest BCUT2D eigenvalue weighted by Crippen LogP contribution is 2.30. The third kappa shape index (κ3) is 8.74. The van der Waals surface area contributed by atoms with Gasteiger partial charge in [0.1, 0.15) is 17.4 Å². The number of sulfone groups is 1. The second-order valence-corrected chi connectivity index (χ2v) is 11.4. The van der Waals surface area contributed by atoms with Gasteiger partial charge in [-0.25, -0.2) is 17.2 Å². The lowest BCUT2D eigenvalue weighted by Gasteiger charge is -2.26. The summed E-state index contributed by atoms with van der Waals surface area (Å²) < 4.78 is 96.9.